The first-order chi connectivity index (χ1) is 10.6. The van der Waals surface area contributed by atoms with Crippen molar-refractivity contribution >= 4 is 24.2 Å². The molecular formula is C17H26ClN3O2. The first kappa shape index (κ1) is 19.5. The molecule has 0 spiro atoms. The van der Waals surface area contributed by atoms with E-state index in [0.29, 0.717) is 18.7 Å². The normalized spacial score (nSPS) is 15.5. The Morgan fingerprint density at radius 2 is 1.78 bits per heavy atom. The predicted octanol–water partition coefficient (Wildman–Crippen LogP) is 1.95. The minimum absolute atomic E-state index is 0. The molecule has 0 saturated carbocycles. The van der Waals surface area contributed by atoms with E-state index in [1.165, 1.54) is 6.42 Å². The zero-order valence-corrected chi connectivity index (χ0v) is 14.4. The van der Waals surface area contributed by atoms with Gasteiger partial charge in [0.05, 0.1) is 0 Å². The van der Waals surface area contributed by atoms with Gasteiger partial charge in [-0.3, -0.25) is 9.59 Å². The number of amides is 2. The van der Waals surface area contributed by atoms with Gasteiger partial charge in [-0.2, -0.15) is 0 Å². The van der Waals surface area contributed by atoms with Crippen LogP contribution in [0.25, 0.3) is 0 Å². The average Bonchev–Trinajstić information content (AvgIpc) is 2.59. The number of carbonyl (C=O) groups is 2. The molecule has 1 aliphatic heterocycles. The van der Waals surface area contributed by atoms with Crippen LogP contribution in [-0.2, 0) is 11.3 Å². The maximum atomic E-state index is 12.3. The van der Waals surface area contributed by atoms with E-state index in [0.717, 1.165) is 31.5 Å². The summed E-state index contributed by atoms with van der Waals surface area (Å²) in [6.45, 7) is 4.31. The lowest BCUT2D eigenvalue weighted by molar-refractivity contribution is -0.124. The topological polar surface area (TPSA) is 75.4 Å². The van der Waals surface area contributed by atoms with Crippen LogP contribution in [0.4, 0.5) is 0 Å². The molecule has 0 aliphatic carbocycles. The lowest BCUT2D eigenvalue weighted by atomic mass is 10.1. The fraction of sp³-hybridized carbons (Fsp3) is 0.529. The fourth-order valence-electron chi connectivity index (χ4n) is 2.52. The summed E-state index contributed by atoms with van der Waals surface area (Å²) >= 11 is 0. The molecule has 1 saturated heterocycles. The second-order valence-electron chi connectivity index (χ2n) is 5.90. The Bertz CT molecular complexity index is 513. The molecular weight excluding hydrogens is 314 g/mol. The SMILES string of the molecule is CC(CN)C(=O)NCc1ccc(C(=O)N2CCCCC2)cc1.Cl. The summed E-state index contributed by atoms with van der Waals surface area (Å²) in [5.41, 5.74) is 7.16. The van der Waals surface area contributed by atoms with Gasteiger partial charge in [0.1, 0.15) is 0 Å². The van der Waals surface area contributed by atoms with Crippen molar-refractivity contribution < 1.29 is 9.59 Å². The molecule has 1 fully saturated rings. The highest BCUT2D eigenvalue weighted by Gasteiger charge is 2.18. The number of hydrogen-bond donors (Lipinski definition) is 2. The molecule has 1 aliphatic rings. The third kappa shape index (κ3) is 5.52. The maximum Gasteiger partial charge on any atom is 0.253 e. The van der Waals surface area contributed by atoms with E-state index in [1.807, 2.05) is 29.2 Å². The lowest BCUT2D eigenvalue weighted by Crippen LogP contribution is -2.35. The number of rotatable bonds is 5. The lowest BCUT2D eigenvalue weighted by Gasteiger charge is -2.26. The molecule has 128 valence electrons. The van der Waals surface area contributed by atoms with Crippen LogP contribution in [0.3, 0.4) is 0 Å². The Morgan fingerprint density at radius 1 is 1.17 bits per heavy atom. The van der Waals surface area contributed by atoms with Crippen LogP contribution in [0.15, 0.2) is 24.3 Å². The second kappa shape index (κ2) is 9.53. The molecule has 1 unspecified atom stereocenters. The monoisotopic (exact) mass is 339 g/mol. The summed E-state index contributed by atoms with van der Waals surface area (Å²) in [5.74, 6) is -0.122. The van der Waals surface area contributed by atoms with Crippen LogP contribution in [0.2, 0.25) is 0 Å². The highest BCUT2D eigenvalue weighted by atomic mass is 35.5. The van der Waals surface area contributed by atoms with Crippen molar-refractivity contribution in [3.8, 4) is 0 Å². The van der Waals surface area contributed by atoms with E-state index < -0.39 is 0 Å². The summed E-state index contributed by atoms with van der Waals surface area (Å²) in [7, 11) is 0. The first-order valence-electron chi connectivity index (χ1n) is 7.98. The standard InChI is InChI=1S/C17H25N3O2.ClH/c1-13(11-18)16(21)19-12-14-5-7-15(8-6-14)17(22)20-9-3-2-4-10-20;/h5-8,13H,2-4,9-12,18H2,1H3,(H,19,21);1H. The minimum atomic E-state index is -0.181. The zero-order chi connectivity index (χ0) is 15.9. The Kier molecular flexibility index (Phi) is 8.06. The van der Waals surface area contributed by atoms with Gasteiger partial charge < -0.3 is 16.0 Å². The van der Waals surface area contributed by atoms with Crippen LogP contribution in [0.5, 0.6) is 0 Å². The molecule has 3 N–H and O–H groups in total. The molecule has 1 aromatic carbocycles. The Balaban J connectivity index is 0.00000264. The minimum Gasteiger partial charge on any atom is -0.352 e. The van der Waals surface area contributed by atoms with Crippen molar-refractivity contribution in [1.29, 1.82) is 0 Å². The van der Waals surface area contributed by atoms with Crippen LogP contribution in [0, 0.1) is 5.92 Å². The summed E-state index contributed by atoms with van der Waals surface area (Å²) in [6.07, 6.45) is 3.40. The largest absolute Gasteiger partial charge is 0.352 e. The van der Waals surface area contributed by atoms with E-state index in [9.17, 15) is 9.59 Å². The molecule has 6 heteroatoms. The van der Waals surface area contributed by atoms with E-state index >= 15 is 0 Å². The summed E-state index contributed by atoms with van der Waals surface area (Å²) in [6, 6.07) is 7.46. The van der Waals surface area contributed by atoms with E-state index in [4.69, 9.17) is 5.73 Å². The van der Waals surface area contributed by atoms with Crippen molar-refractivity contribution in [2.75, 3.05) is 19.6 Å². The summed E-state index contributed by atoms with van der Waals surface area (Å²) in [5, 5.41) is 2.85. The number of benzene rings is 1. The van der Waals surface area contributed by atoms with Gasteiger partial charge in [0, 0.05) is 37.7 Å². The third-order valence-electron chi connectivity index (χ3n) is 4.11. The van der Waals surface area contributed by atoms with E-state index in [1.54, 1.807) is 6.92 Å². The molecule has 2 amide bonds. The molecule has 1 atom stereocenters. The van der Waals surface area contributed by atoms with E-state index in [2.05, 4.69) is 5.32 Å². The predicted molar refractivity (Wildman–Crippen MR) is 93.5 cm³/mol. The number of nitrogens with one attached hydrogen (secondary N) is 1. The van der Waals surface area contributed by atoms with Gasteiger partial charge in [0.25, 0.3) is 5.91 Å². The maximum absolute atomic E-state index is 12.3. The van der Waals surface area contributed by atoms with Crippen molar-refractivity contribution in [2.24, 2.45) is 11.7 Å². The number of carbonyl (C=O) groups excluding carboxylic acids is 2. The molecule has 2 rings (SSSR count). The number of piperidine rings is 1. The van der Waals surface area contributed by atoms with Gasteiger partial charge in [0.15, 0.2) is 0 Å². The van der Waals surface area contributed by atoms with Gasteiger partial charge >= 0.3 is 0 Å². The van der Waals surface area contributed by atoms with Crippen LogP contribution >= 0.6 is 12.4 Å². The molecule has 1 aromatic rings. The smallest absolute Gasteiger partial charge is 0.253 e. The van der Waals surface area contributed by atoms with Gasteiger partial charge in [0.2, 0.25) is 5.91 Å². The number of likely N-dealkylation sites (tertiary alicyclic amines) is 1. The molecule has 23 heavy (non-hydrogen) atoms. The summed E-state index contributed by atoms with van der Waals surface area (Å²) in [4.78, 5) is 25.9. The van der Waals surface area contributed by atoms with Crippen molar-refractivity contribution in [2.45, 2.75) is 32.7 Å². The number of halogens is 1. The highest BCUT2D eigenvalue weighted by molar-refractivity contribution is 5.94. The first-order valence-corrected chi connectivity index (χ1v) is 7.98. The molecule has 0 bridgehead atoms. The highest BCUT2D eigenvalue weighted by Crippen LogP contribution is 2.14. The van der Waals surface area contributed by atoms with Crippen molar-refractivity contribution in [3.63, 3.8) is 0 Å². The average molecular weight is 340 g/mol. The molecule has 5 nitrogen and oxygen atoms in total. The fourth-order valence-corrected chi connectivity index (χ4v) is 2.52. The van der Waals surface area contributed by atoms with Crippen LogP contribution in [-0.4, -0.2) is 36.3 Å². The van der Waals surface area contributed by atoms with Crippen LogP contribution in [0.1, 0.15) is 42.1 Å². The molecule has 0 aromatic heterocycles. The Labute approximate surface area is 144 Å². The molecule has 0 radical (unpaired) electrons. The van der Waals surface area contributed by atoms with E-state index in [-0.39, 0.29) is 30.1 Å². The van der Waals surface area contributed by atoms with Gasteiger partial charge in [-0.25, -0.2) is 0 Å². The Morgan fingerprint density at radius 3 is 2.35 bits per heavy atom. The number of hydrogen-bond acceptors (Lipinski definition) is 3. The van der Waals surface area contributed by atoms with Crippen molar-refractivity contribution in [1.82, 2.24) is 10.2 Å². The quantitative estimate of drug-likeness (QED) is 0.860. The summed E-state index contributed by atoms with van der Waals surface area (Å²) < 4.78 is 0. The molecule has 1 heterocycles. The Hall–Kier alpha value is -1.59. The second-order valence-corrected chi connectivity index (χ2v) is 5.90. The zero-order valence-electron chi connectivity index (χ0n) is 13.6. The van der Waals surface area contributed by atoms with Crippen molar-refractivity contribution in [3.05, 3.63) is 35.4 Å². The van der Waals surface area contributed by atoms with Gasteiger partial charge in [-0.05, 0) is 37.0 Å². The van der Waals surface area contributed by atoms with Gasteiger partial charge in [-0.15, -0.1) is 12.4 Å². The number of nitrogens with two attached hydrogens (primary N) is 1. The van der Waals surface area contributed by atoms with Crippen LogP contribution < -0.4 is 11.1 Å². The third-order valence-corrected chi connectivity index (χ3v) is 4.11. The van der Waals surface area contributed by atoms with Gasteiger partial charge in [-0.1, -0.05) is 19.1 Å². The number of nitrogens with zero attached hydrogens (tertiary/aromatic N) is 1.